The van der Waals surface area contributed by atoms with Crippen molar-refractivity contribution in [1.82, 2.24) is 24.9 Å². The molecule has 4 amide bonds. The predicted octanol–water partition coefficient (Wildman–Crippen LogP) is 3.39. The van der Waals surface area contributed by atoms with E-state index >= 15 is 0 Å². The summed E-state index contributed by atoms with van der Waals surface area (Å²) < 4.78 is 7.06. The first-order valence-electron chi connectivity index (χ1n) is 17.4. The number of hydrogen-bond donors (Lipinski definition) is 2. The third-order valence-corrected chi connectivity index (χ3v) is 10.3. The number of nitrogen functional groups attached to an aromatic ring is 1. The number of esters is 1. The second kappa shape index (κ2) is 17.6. The normalized spacial score (nSPS) is 19.2. The van der Waals surface area contributed by atoms with E-state index < -0.39 is 29.7 Å². The number of likely N-dealkylation sites (tertiary alicyclic amines) is 1. The molecule has 15 heteroatoms. The van der Waals surface area contributed by atoms with Crippen LogP contribution in [0.2, 0.25) is 0 Å². The van der Waals surface area contributed by atoms with Crippen LogP contribution in [0.4, 0.5) is 11.4 Å². The largest absolute Gasteiger partial charge is 0.462 e. The standard InChI is InChI=1S/C26H25N3O6.C6H13N.C5H6BrN3O/c30-21-10-9-20(23(31)27-21)29-24(32)18-7-4-8-19(22(18)25(29)33)28-13-11-16(12-14-28)15-35-26(34)17-5-2-1-3-6-17;1-7-5-3-2-4-6-7;1-9-5(10)4(6)3(7)2-8-9/h1-8,16,20H,9-15H2,(H,27,30,31);2-6H2,1H3;2H,7H2,1H3. The van der Waals surface area contributed by atoms with Crippen molar-refractivity contribution in [3.05, 3.63) is 86.2 Å². The molecule has 3 saturated heterocycles. The maximum atomic E-state index is 13.3. The molecule has 14 nitrogen and oxygen atoms in total. The molecule has 4 aliphatic heterocycles. The SMILES string of the molecule is CN1CCCCC1.Cn1ncc(N)c(Br)c1=O.O=C1CCC(N2C(=O)c3cccc(N4CCC(COC(=O)c5ccccc5)CC4)c3C2=O)C(=O)N1. The van der Waals surface area contributed by atoms with E-state index in [-0.39, 0.29) is 35.9 Å². The summed E-state index contributed by atoms with van der Waals surface area (Å²) in [6, 6.07) is 13.0. The van der Waals surface area contributed by atoms with Crippen LogP contribution in [0.1, 0.15) is 76.0 Å². The van der Waals surface area contributed by atoms with Crippen LogP contribution in [0.3, 0.4) is 0 Å². The first-order chi connectivity index (χ1) is 25.0. The molecular weight excluding hydrogens is 734 g/mol. The fourth-order valence-corrected chi connectivity index (χ4v) is 6.89. The molecule has 0 saturated carbocycles. The van der Waals surface area contributed by atoms with Gasteiger partial charge in [0.1, 0.15) is 10.5 Å². The number of benzene rings is 2. The number of fused-ring (bicyclic) bond motifs is 1. The van der Waals surface area contributed by atoms with Gasteiger partial charge in [-0.1, -0.05) is 30.7 Å². The Morgan fingerprint density at radius 1 is 0.904 bits per heavy atom. The first-order valence-corrected chi connectivity index (χ1v) is 18.2. The number of imide groups is 2. The molecule has 52 heavy (non-hydrogen) atoms. The van der Waals surface area contributed by atoms with Gasteiger partial charge in [-0.05, 0) is 98.4 Å². The van der Waals surface area contributed by atoms with E-state index in [9.17, 15) is 28.8 Å². The zero-order chi connectivity index (χ0) is 37.4. The first kappa shape index (κ1) is 38.3. The van der Waals surface area contributed by atoms with Crippen LogP contribution in [0.25, 0.3) is 0 Å². The number of hydrogen-bond acceptors (Lipinski definition) is 11. The Hall–Kier alpha value is -4.89. The molecule has 7 rings (SSSR count). The lowest BCUT2D eigenvalue weighted by Gasteiger charge is -2.34. The summed E-state index contributed by atoms with van der Waals surface area (Å²) >= 11 is 3.03. The summed E-state index contributed by atoms with van der Waals surface area (Å²) in [4.78, 5) is 78.9. The number of anilines is 2. The second-order valence-electron chi connectivity index (χ2n) is 13.2. The Morgan fingerprint density at radius 3 is 2.21 bits per heavy atom. The molecule has 3 aromatic rings. The maximum Gasteiger partial charge on any atom is 0.338 e. The number of carbonyl (C=O) groups excluding carboxylic acids is 5. The number of nitrogens with two attached hydrogens (primary N) is 1. The summed E-state index contributed by atoms with van der Waals surface area (Å²) in [5.74, 6) is -2.18. The number of piperidine rings is 3. The number of aromatic nitrogens is 2. The minimum absolute atomic E-state index is 0.0824. The molecule has 2 aromatic carbocycles. The molecule has 0 radical (unpaired) electrons. The number of halogens is 1. The summed E-state index contributed by atoms with van der Waals surface area (Å²) in [7, 11) is 3.76. The van der Waals surface area contributed by atoms with E-state index in [1.165, 1.54) is 43.2 Å². The van der Waals surface area contributed by atoms with Gasteiger partial charge in [-0.3, -0.25) is 34.2 Å². The zero-order valence-electron chi connectivity index (χ0n) is 29.4. The Bertz CT molecular complexity index is 1850. The predicted molar refractivity (Wildman–Crippen MR) is 198 cm³/mol. The number of carbonyl (C=O) groups is 5. The smallest absolute Gasteiger partial charge is 0.338 e. The van der Waals surface area contributed by atoms with Gasteiger partial charge < -0.3 is 20.3 Å². The number of ether oxygens (including phenoxy) is 1. The Labute approximate surface area is 310 Å². The quantitative estimate of drug-likeness (QED) is 0.287. The lowest BCUT2D eigenvalue weighted by Crippen LogP contribution is -2.54. The van der Waals surface area contributed by atoms with Crippen LogP contribution < -0.4 is 21.5 Å². The van der Waals surface area contributed by atoms with Gasteiger partial charge in [0.25, 0.3) is 17.4 Å². The van der Waals surface area contributed by atoms with E-state index in [4.69, 9.17) is 10.5 Å². The van der Waals surface area contributed by atoms with Gasteiger partial charge in [0.15, 0.2) is 0 Å². The summed E-state index contributed by atoms with van der Waals surface area (Å²) in [5, 5.41) is 5.91. The van der Waals surface area contributed by atoms with Crippen molar-refractivity contribution in [2.24, 2.45) is 13.0 Å². The van der Waals surface area contributed by atoms with E-state index in [1.807, 2.05) is 12.1 Å². The topological polar surface area (TPSA) is 177 Å². The van der Waals surface area contributed by atoms with Crippen LogP contribution in [-0.2, 0) is 21.4 Å². The molecule has 276 valence electrons. The molecule has 0 bridgehead atoms. The highest BCUT2D eigenvalue weighted by atomic mass is 79.9. The third kappa shape index (κ3) is 9.12. The van der Waals surface area contributed by atoms with E-state index in [1.54, 1.807) is 43.4 Å². The second-order valence-corrected chi connectivity index (χ2v) is 14.0. The molecule has 5 heterocycles. The minimum atomic E-state index is -0.988. The van der Waals surface area contributed by atoms with Crippen molar-refractivity contribution >= 4 is 56.9 Å². The number of amides is 4. The zero-order valence-corrected chi connectivity index (χ0v) is 31.0. The maximum absolute atomic E-state index is 13.3. The van der Waals surface area contributed by atoms with Gasteiger partial charge in [-0.25, -0.2) is 9.48 Å². The fraction of sp³-hybridized carbons (Fsp3) is 0.432. The van der Waals surface area contributed by atoms with Gasteiger partial charge >= 0.3 is 5.97 Å². The molecule has 0 spiro atoms. The minimum Gasteiger partial charge on any atom is -0.462 e. The number of nitrogens with one attached hydrogen (secondary N) is 1. The highest BCUT2D eigenvalue weighted by molar-refractivity contribution is 9.10. The number of rotatable bonds is 5. The van der Waals surface area contributed by atoms with E-state index in [0.717, 1.165) is 17.7 Å². The highest BCUT2D eigenvalue weighted by Crippen LogP contribution is 2.36. The summed E-state index contributed by atoms with van der Waals surface area (Å²) in [5.41, 5.74) is 7.27. The molecule has 1 unspecified atom stereocenters. The van der Waals surface area contributed by atoms with Crippen LogP contribution in [0.15, 0.2) is 64.0 Å². The molecule has 1 atom stereocenters. The van der Waals surface area contributed by atoms with E-state index in [0.29, 0.717) is 46.7 Å². The monoisotopic (exact) mass is 777 g/mol. The van der Waals surface area contributed by atoms with Crippen LogP contribution in [0, 0.1) is 5.92 Å². The van der Waals surface area contributed by atoms with Crippen molar-refractivity contribution in [3.63, 3.8) is 0 Å². The average molecular weight is 779 g/mol. The van der Waals surface area contributed by atoms with Crippen molar-refractivity contribution in [1.29, 1.82) is 0 Å². The average Bonchev–Trinajstić information content (AvgIpc) is 3.41. The number of aryl methyl sites for hydroxylation is 1. The van der Waals surface area contributed by atoms with Crippen molar-refractivity contribution in [2.45, 2.75) is 51.0 Å². The Balaban J connectivity index is 0.000000251. The Kier molecular flexibility index (Phi) is 12.9. The van der Waals surface area contributed by atoms with Crippen molar-refractivity contribution < 1.29 is 28.7 Å². The lowest BCUT2D eigenvalue weighted by molar-refractivity contribution is -0.136. The van der Waals surface area contributed by atoms with Gasteiger partial charge in [0.05, 0.1) is 40.9 Å². The van der Waals surface area contributed by atoms with Crippen LogP contribution in [0.5, 0.6) is 0 Å². The lowest BCUT2D eigenvalue weighted by atomic mass is 9.96. The summed E-state index contributed by atoms with van der Waals surface area (Å²) in [6.45, 7) is 4.25. The molecule has 0 aliphatic carbocycles. The van der Waals surface area contributed by atoms with Gasteiger partial charge in [-0.15, -0.1) is 0 Å². The van der Waals surface area contributed by atoms with Gasteiger partial charge in [-0.2, -0.15) is 5.10 Å². The van der Waals surface area contributed by atoms with Gasteiger partial charge in [0, 0.05) is 26.6 Å². The highest BCUT2D eigenvalue weighted by Gasteiger charge is 2.46. The number of nitrogens with zero attached hydrogens (tertiary/aromatic N) is 5. The summed E-state index contributed by atoms with van der Waals surface area (Å²) in [6.07, 6.45) is 7.44. The molecule has 4 aliphatic rings. The molecule has 3 N–H and O–H groups in total. The molecular formula is C37H44BrN7O7. The van der Waals surface area contributed by atoms with Crippen molar-refractivity contribution in [2.75, 3.05) is 50.5 Å². The Morgan fingerprint density at radius 2 is 1.60 bits per heavy atom. The molecule has 1 aromatic heterocycles. The van der Waals surface area contributed by atoms with E-state index in [2.05, 4.69) is 43.2 Å². The van der Waals surface area contributed by atoms with Gasteiger partial charge in [0.2, 0.25) is 11.8 Å². The fourth-order valence-electron chi connectivity index (χ4n) is 6.53. The molecule has 3 fully saturated rings. The van der Waals surface area contributed by atoms with Crippen molar-refractivity contribution in [3.8, 4) is 0 Å². The van der Waals surface area contributed by atoms with Crippen LogP contribution >= 0.6 is 15.9 Å². The third-order valence-electron chi connectivity index (χ3n) is 9.55. The van der Waals surface area contributed by atoms with Crippen LogP contribution in [-0.4, -0.2) is 95.1 Å².